The summed E-state index contributed by atoms with van der Waals surface area (Å²) in [6, 6.07) is 0.250. The van der Waals surface area contributed by atoms with Gasteiger partial charge < -0.3 is 5.73 Å². The molecule has 3 heteroatoms. The highest BCUT2D eigenvalue weighted by Gasteiger charge is 2.51. The van der Waals surface area contributed by atoms with Gasteiger partial charge in [0, 0.05) is 24.3 Å². The molecule has 2 aliphatic rings. The van der Waals surface area contributed by atoms with Gasteiger partial charge in [-0.1, -0.05) is 0 Å². The molecular weight excluding hydrogens is 174 g/mol. The Morgan fingerprint density at radius 1 is 1.43 bits per heavy atom. The maximum atomic E-state index is 6.35. The van der Waals surface area contributed by atoms with Crippen LogP contribution in [0.15, 0.2) is 0 Å². The average molecular weight is 191 g/mol. The summed E-state index contributed by atoms with van der Waals surface area (Å²) in [6.07, 6.45) is 5.07. The number of nitrogens with two attached hydrogens (primary N) is 1. The molecule has 14 heavy (non-hydrogen) atoms. The number of fused-ring (bicyclic) bond motifs is 1. The number of nitrogens with zero attached hydrogens (tertiary/aromatic N) is 2. The first-order valence-electron chi connectivity index (χ1n) is 5.42. The fraction of sp³-hybridized carbons (Fsp3) is 0.727. The number of rotatable bonds is 0. The van der Waals surface area contributed by atoms with Crippen molar-refractivity contribution in [2.24, 2.45) is 18.2 Å². The minimum atomic E-state index is 0.250. The fourth-order valence-electron chi connectivity index (χ4n) is 2.97. The smallest absolute Gasteiger partial charge is 0.0644 e. The maximum Gasteiger partial charge on any atom is 0.0644 e. The summed E-state index contributed by atoms with van der Waals surface area (Å²) in [5.74, 6) is 0. The predicted octanol–water partition coefficient (Wildman–Crippen LogP) is 1.45. The van der Waals surface area contributed by atoms with E-state index in [9.17, 15) is 0 Å². The molecule has 1 aromatic heterocycles. The zero-order valence-corrected chi connectivity index (χ0v) is 8.88. The van der Waals surface area contributed by atoms with E-state index in [0.29, 0.717) is 5.41 Å². The van der Waals surface area contributed by atoms with Gasteiger partial charge in [0.25, 0.3) is 0 Å². The summed E-state index contributed by atoms with van der Waals surface area (Å²) in [4.78, 5) is 0. The molecular formula is C11H17N3. The molecule has 0 bridgehead atoms. The van der Waals surface area contributed by atoms with E-state index < -0.39 is 0 Å². The first kappa shape index (κ1) is 8.48. The normalized spacial score (nSPS) is 27.8. The molecule has 0 aliphatic heterocycles. The summed E-state index contributed by atoms with van der Waals surface area (Å²) in [5, 5.41) is 4.47. The van der Waals surface area contributed by atoms with E-state index in [1.807, 2.05) is 11.7 Å². The van der Waals surface area contributed by atoms with Crippen molar-refractivity contribution < 1.29 is 0 Å². The van der Waals surface area contributed by atoms with E-state index in [4.69, 9.17) is 5.73 Å². The Balaban J connectivity index is 2.14. The van der Waals surface area contributed by atoms with Crippen LogP contribution in [0.5, 0.6) is 0 Å². The van der Waals surface area contributed by atoms with Crippen LogP contribution in [0.3, 0.4) is 0 Å². The van der Waals surface area contributed by atoms with Gasteiger partial charge in [-0.2, -0.15) is 5.10 Å². The van der Waals surface area contributed by atoms with Crippen molar-refractivity contribution >= 4 is 0 Å². The lowest BCUT2D eigenvalue weighted by atomic mass is 9.79. The summed E-state index contributed by atoms with van der Waals surface area (Å²) < 4.78 is 2.01. The molecule has 0 amide bonds. The zero-order valence-electron chi connectivity index (χ0n) is 8.88. The number of hydrogen-bond acceptors (Lipinski definition) is 2. The number of aryl methyl sites for hydroxylation is 2. The van der Waals surface area contributed by atoms with Gasteiger partial charge in [0.15, 0.2) is 0 Å². The molecule has 3 rings (SSSR count). The highest BCUT2D eigenvalue weighted by Crippen LogP contribution is 2.60. The third-order valence-electron chi connectivity index (χ3n) is 4.11. The number of hydrogen-bond donors (Lipinski definition) is 1. The molecule has 1 atom stereocenters. The SMILES string of the molecule is Cc1nn(C)c2c1C(N)C1(CC2)CC1. The van der Waals surface area contributed by atoms with Crippen LogP contribution in [0, 0.1) is 12.3 Å². The van der Waals surface area contributed by atoms with Gasteiger partial charge >= 0.3 is 0 Å². The first-order chi connectivity index (χ1) is 6.64. The van der Waals surface area contributed by atoms with Gasteiger partial charge in [0.05, 0.1) is 5.69 Å². The number of aromatic nitrogens is 2. The van der Waals surface area contributed by atoms with E-state index in [0.717, 1.165) is 5.69 Å². The lowest BCUT2D eigenvalue weighted by Crippen LogP contribution is -2.29. The van der Waals surface area contributed by atoms with Crippen LogP contribution in [0.2, 0.25) is 0 Å². The Bertz CT molecular complexity index is 387. The molecule has 3 nitrogen and oxygen atoms in total. The van der Waals surface area contributed by atoms with E-state index in [2.05, 4.69) is 12.0 Å². The summed E-state index contributed by atoms with van der Waals surface area (Å²) in [7, 11) is 2.03. The molecule has 1 heterocycles. The first-order valence-corrected chi connectivity index (χ1v) is 5.42. The lowest BCUT2D eigenvalue weighted by Gasteiger charge is -2.29. The van der Waals surface area contributed by atoms with Crippen molar-refractivity contribution in [1.29, 1.82) is 0 Å². The van der Waals surface area contributed by atoms with Crippen molar-refractivity contribution in [3.63, 3.8) is 0 Å². The molecule has 0 aromatic carbocycles. The summed E-state index contributed by atoms with van der Waals surface area (Å²) >= 11 is 0. The summed E-state index contributed by atoms with van der Waals surface area (Å²) in [5.41, 5.74) is 10.7. The van der Waals surface area contributed by atoms with E-state index in [-0.39, 0.29) is 6.04 Å². The van der Waals surface area contributed by atoms with Gasteiger partial charge in [-0.05, 0) is 38.0 Å². The highest BCUT2D eigenvalue weighted by atomic mass is 15.3. The predicted molar refractivity (Wildman–Crippen MR) is 54.9 cm³/mol. The van der Waals surface area contributed by atoms with Gasteiger partial charge in [0.1, 0.15) is 0 Å². The van der Waals surface area contributed by atoms with Crippen LogP contribution in [0.4, 0.5) is 0 Å². The third-order valence-corrected chi connectivity index (χ3v) is 4.11. The Labute approximate surface area is 84.3 Å². The average Bonchev–Trinajstić information content (AvgIpc) is 2.84. The lowest BCUT2D eigenvalue weighted by molar-refractivity contribution is 0.348. The second-order valence-corrected chi connectivity index (χ2v) is 4.91. The van der Waals surface area contributed by atoms with E-state index >= 15 is 0 Å². The standard InChI is InChI=1S/C11H17N3/c1-7-9-8(14(2)13-7)3-4-11(5-6-11)10(9)12/h10H,3-6,12H2,1-2H3. The van der Waals surface area contributed by atoms with Crippen LogP contribution in [0.1, 0.15) is 42.3 Å². The quantitative estimate of drug-likeness (QED) is 0.674. The topological polar surface area (TPSA) is 43.8 Å². The van der Waals surface area contributed by atoms with Crippen LogP contribution >= 0.6 is 0 Å². The van der Waals surface area contributed by atoms with Gasteiger partial charge in [-0.15, -0.1) is 0 Å². The van der Waals surface area contributed by atoms with Gasteiger partial charge in [0.2, 0.25) is 0 Å². The van der Waals surface area contributed by atoms with Crippen LogP contribution in [0.25, 0.3) is 0 Å². The maximum absolute atomic E-state index is 6.35. The Hall–Kier alpha value is -0.830. The minimum absolute atomic E-state index is 0.250. The van der Waals surface area contributed by atoms with Crippen molar-refractivity contribution in [3.05, 3.63) is 17.0 Å². The highest BCUT2D eigenvalue weighted by molar-refractivity contribution is 5.35. The van der Waals surface area contributed by atoms with E-state index in [1.165, 1.54) is 36.9 Å². The van der Waals surface area contributed by atoms with Crippen molar-refractivity contribution in [2.75, 3.05) is 0 Å². The van der Waals surface area contributed by atoms with Crippen LogP contribution in [-0.2, 0) is 13.5 Å². The fourth-order valence-corrected chi connectivity index (χ4v) is 2.97. The van der Waals surface area contributed by atoms with Crippen LogP contribution < -0.4 is 5.73 Å². The molecule has 0 radical (unpaired) electrons. The van der Waals surface area contributed by atoms with Crippen LogP contribution in [-0.4, -0.2) is 9.78 Å². The molecule has 1 fully saturated rings. The zero-order chi connectivity index (χ0) is 9.92. The molecule has 0 saturated heterocycles. The second kappa shape index (κ2) is 2.40. The molecule has 2 aliphatic carbocycles. The molecule has 1 saturated carbocycles. The third kappa shape index (κ3) is 0.883. The van der Waals surface area contributed by atoms with Gasteiger partial charge in [-0.3, -0.25) is 4.68 Å². The van der Waals surface area contributed by atoms with Crippen molar-refractivity contribution in [3.8, 4) is 0 Å². The second-order valence-electron chi connectivity index (χ2n) is 4.91. The Morgan fingerprint density at radius 3 is 2.79 bits per heavy atom. The largest absolute Gasteiger partial charge is 0.323 e. The Morgan fingerprint density at radius 2 is 2.14 bits per heavy atom. The van der Waals surface area contributed by atoms with Crippen molar-refractivity contribution in [1.82, 2.24) is 9.78 Å². The monoisotopic (exact) mass is 191 g/mol. The van der Waals surface area contributed by atoms with Crippen molar-refractivity contribution in [2.45, 2.75) is 38.6 Å². The summed E-state index contributed by atoms with van der Waals surface area (Å²) in [6.45, 7) is 2.08. The molecule has 1 aromatic rings. The Kier molecular flexibility index (Phi) is 1.45. The van der Waals surface area contributed by atoms with Gasteiger partial charge in [-0.25, -0.2) is 0 Å². The molecule has 1 unspecified atom stereocenters. The molecule has 2 N–H and O–H groups in total. The minimum Gasteiger partial charge on any atom is -0.323 e. The van der Waals surface area contributed by atoms with E-state index in [1.54, 1.807) is 0 Å². The molecule has 76 valence electrons. The molecule has 1 spiro atoms.